The van der Waals surface area contributed by atoms with Crippen molar-refractivity contribution in [2.45, 2.75) is 39.0 Å². The van der Waals surface area contributed by atoms with Crippen molar-refractivity contribution in [3.63, 3.8) is 0 Å². The van der Waals surface area contributed by atoms with Gasteiger partial charge in [0.1, 0.15) is 0 Å². The minimum atomic E-state index is 0.203. The van der Waals surface area contributed by atoms with E-state index in [9.17, 15) is 4.79 Å². The largest absolute Gasteiger partial charge is 0.370 e. The van der Waals surface area contributed by atoms with Crippen molar-refractivity contribution in [2.75, 3.05) is 49.1 Å². The smallest absolute Gasteiger partial charge is 0.259 e. The number of hydrogen-bond acceptors (Lipinski definition) is 3. The second-order valence-electron chi connectivity index (χ2n) is 8.73. The highest BCUT2D eigenvalue weighted by molar-refractivity contribution is 6.26. The first-order valence-electron chi connectivity index (χ1n) is 11.1. The summed E-state index contributed by atoms with van der Waals surface area (Å²) in [5.41, 5.74) is 3.34. The lowest BCUT2D eigenvalue weighted by atomic mass is 9.85. The number of benzene rings is 2. The molecule has 2 heterocycles. The molecule has 0 radical (unpaired) electrons. The van der Waals surface area contributed by atoms with Crippen LogP contribution in [0.1, 0.15) is 49.4 Å². The lowest BCUT2D eigenvalue weighted by Crippen LogP contribution is -2.34. The number of hydrogen-bond donors (Lipinski definition) is 0. The summed E-state index contributed by atoms with van der Waals surface area (Å²) in [4.78, 5) is 20.3. The minimum absolute atomic E-state index is 0.203. The molecule has 2 aromatic rings. The first kappa shape index (κ1) is 18.0. The van der Waals surface area contributed by atoms with E-state index in [-0.39, 0.29) is 5.91 Å². The van der Waals surface area contributed by atoms with E-state index in [0.29, 0.717) is 5.92 Å². The van der Waals surface area contributed by atoms with Crippen molar-refractivity contribution < 1.29 is 4.79 Å². The highest BCUT2D eigenvalue weighted by Crippen LogP contribution is 2.43. The van der Waals surface area contributed by atoms with Crippen molar-refractivity contribution >= 4 is 28.1 Å². The van der Waals surface area contributed by atoms with Crippen LogP contribution in [-0.2, 0) is 0 Å². The second kappa shape index (κ2) is 7.40. The third-order valence-electron chi connectivity index (χ3n) is 6.90. The van der Waals surface area contributed by atoms with Crippen LogP contribution in [-0.4, -0.2) is 50.1 Å². The average Bonchev–Trinajstić information content (AvgIpc) is 2.82. The molecule has 2 fully saturated rings. The average molecular weight is 378 g/mol. The summed E-state index contributed by atoms with van der Waals surface area (Å²) in [6.07, 6.45) is 6.28. The molecular formula is C24H31N3O. The van der Waals surface area contributed by atoms with Gasteiger partial charge in [-0.2, -0.15) is 0 Å². The van der Waals surface area contributed by atoms with Gasteiger partial charge < -0.3 is 14.7 Å². The fourth-order valence-electron chi connectivity index (χ4n) is 5.17. The first-order chi connectivity index (χ1) is 13.8. The van der Waals surface area contributed by atoms with Crippen LogP contribution in [0.5, 0.6) is 0 Å². The molecule has 2 aliphatic heterocycles. The van der Waals surface area contributed by atoms with E-state index in [2.05, 4.69) is 45.9 Å². The molecule has 1 amide bonds. The Labute approximate surface area is 168 Å². The Morgan fingerprint density at radius 2 is 1.82 bits per heavy atom. The summed E-state index contributed by atoms with van der Waals surface area (Å²) in [7, 11) is 0. The molecule has 148 valence electrons. The molecule has 4 heteroatoms. The zero-order valence-electron chi connectivity index (χ0n) is 17.0. The lowest BCUT2D eigenvalue weighted by molar-refractivity contribution is 0.0984. The molecule has 4 nitrogen and oxygen atoms in total. The predicted molar refractivity (Wildman–Crippen MR) is 117 cm³/mol. The van der Waals surface area contributed by atoms with E-state index in [1.54, 1.807) is 0 Å². The van der Waals surface area contributed by atoms with Gasteiger partial charge in [0.05, 0.1) is 5.69 Å². The Balaban J connectivity index is 1.48. The quantitative estimate of drug-likeness (QED) is 0.766. The molecule has 0 atom stereocenters. The standard InChI is InChI=1S/C24H31N3O/c1-2-12-25-13-5-14-26(16-15-25)21-10-11-22-23-19(21)8-4-9-20(23)24(28)27(22)17-18-6-3-7-18/h4,8-11,18H,2-3,5-7,12-17H2,1H3. The van der Waals surface area contributed by atoms with Crippen molar-refractivity contribution in [3.05, 3.63) is 35.9 Å². The maximum atomic E-state index is 13.1. The van der Waals surface area contributed by atoms with Crippen LogP contribution >= 0.6 is 0 Å². The number of anilines is 2. The van der Waals surface area contributed by atoms with Crippen LogP contribution in [0.4, 0.5) is 11.4 Å². The van der Waals surface area contributed by atoms with E-state index in [0.717, 1.165) is 37.4 Å². The number of rotatable bonds is 5. The van der Waals surface area contributed by atoms with Gasteiger partial charge in [-0.3, -0.25) is 4.79 Å². The van der Waals surface area contributed by atoms with Crippen LogP contribution in [0, 0.1) is 5.92 Å². The van der Waals surface area contributed by atoms with Gasteiger partial charge in [0.25, 0.3) is 5.91 Å². The molecule has 3 aliphatic rings. The van der Waals surface area contributed by atoms with Gasteiger partial charge in [0, 0.05) is 48.2 Å². The Bertz CT molecular complexity index is 889. The van der Waals surface area contributed by atoms with Gasteiger partial charge in [-0.25, -0.2) is 0 Å². The Morgan fingerprint density at radius 1 is 0.964 bits per heavy atom. The normalized spacial score (nSPS) is 20.7. The first-order valence-corrected chi connectivity index (χ1v) is 11.1. The molecule has 0 spiro atoms. The molecule has 1 saturated carbocycles. The number of carbonyl (C=O) groups is 1. The Hall–Kier alpha value is -2.07. The summed E-state index contributed by atoms with van der Waals surface area (Å²) in [6, 6.07) is 10.8. The third kappa shape index (κ3) is 2.98. The maximum Gasteiger partial charge on any atom is 0.259 e. The fourth-order valence-corrected chi connectivity index (χ4v) is 5.17. The molecule has 0 aromatic heterocycles. The van der Waals surface area contributed by atoms with Gasteiger partial charge in [-0.05, 0) is 62.9 Å². The summed E-state index contributed by atoms with van der Waals surface area (Å²) in [5.74, 6) is 0.887. The number of amides is 1. The topological polar surface area (TPSA) is 26.8 Å². The molecule has 0 bridgehead atoms. The number of carbonyl (C=O) groups excluding carboxylic acids is 1. The molecule has 0 N–H and O–H groups in total. The van der Waals surface area contributed by atoms with Crippen molar-refractivity contribution in [3.8, 4) is 0 Å². The van der Waals surface area contributed by atoms with Crippen LogP contribution in [0.25, 0.3) is 10.8 Å². The van der Waals surface area contributed by atoms with E-state index >= 15 is 0 Å². The van der Waals surface area contributed by atoms with E-state index in [1.807, 2.05) is 6.07 Å². The van der Waals surface area contributed by atoms with Crippen LogP contribution < -0.4 is 9.80 Å². The summed E-state index contributed by atoms with van der Waals surface area (Å²) < 4.78 is 0. The van der Waals surface area contributed by atoms with E-state index < -0.39 is 0 Å². The molecule has 1 aliphatic carbocycles. The van der Waals surface area contributed by atoms with Crippen molar-refractivity contribution in [1.29, 1.82) is 0 Å². The lowest BCUT2D eigenvalue weighted by Gasteiger charge is -2.31. The molecule has 2 aromatic carbocycles. The van der Waals surface area contributed by atoms with Crippen LogP contribution in [0.3, 0.4) is 0 Å². The molecule has 1 saturated heterocycles. The van der Waals surface area contributed by atoms with Gasteiger partial charge in [0.15, 0.2) is 0 Å². The summed E-state index contributed by atoms with van der Waals surface area (Å²) >= 11 is 0. The summed E-state index contributed by atoms with van der Waals surface area (Å²) in [6.45, 7) is 8.83. The van der Waals surface area contributed by atoms with Gasteiger partial charge >= 0.3 is 0 Å². The Morgan fingerprint density at radius 3 is 2.61 bits per heavy atom. The van der Waals surface area contributed by atoms with Crippen LogP contribution in [0.2, 0.25) is 0 Å². The van der Waals surface area contributed by atoms with Crippen LogP contribution in [0.15, 0.2) is 30.3 Å². The number of nitrogens with zero attached hydrogens (tertiary/aromatic N) is 3. The van der Waals surface area contributed by atoms with Gasteiger partial charge in [0.2, 0.25) is 0 Å². The van der Waals surface area contributed by atoms with E-state index in [4.69, 9.17) is 0 Å². The minimum Gasteiger partial charge on any atom is -0.370 e. The van der Waals surface area contributed by atoms with Crippen molar-refractivity contribution in [2.24, 2.45) is 5.92 Å². The highest BCUT2D eigenvalue weighted by Gasteiger charge is 2.33. The zero-order valence-corrected chi connectivity index (χ0v) is 17.0. The zero-order chi connectivity index (χ0) is 19.1. The Kier molecular flexibility index (Phi) is 4.75. The van der Waals surface area contributed by atoms with Gasteiger partial charge in [-0.1, -0.05) is 25.5 Å². The molecule has 5 rings (SSSR count). The second-order valence-corrected chi connectivity index (χ2v) is 8.73. The SMILES string of the molecule is CCCN1CCCN(c2ccc3c4c(cccc24)C(=O)N3CC2CCC2)CC1. The third-order valence-corrected chi connectivity index (χ3v) is 6.90. The summed E-state index contributed by atoms with van der Waals surface area (Å²) in [5, 5.41) is 2.43. The predicted octanol–water partition coefficient (Wildman–Crippen LogP) is 4.52. The molecular weight excluding hydrogens is 346 g/mol. The van der Waals surface area contributed by atoms with Gasteiger partial charge in [-0.15, -0.1) is 0 Å². The maximum absolute atomic E-state index is 13.1. The van der Waals surface area contributed by atoms with Crippen molar-refractivity contribution in [1.82, 2.24) is 4.90 Å². The monoisotopic (exact) mass is 377 g/mol. The van der Waals surface area contributed by atoms with E-state index in [1.165, 1.54) is 61.7 Å². The molecule has 28 heavy (non-hydrogen) atoms. The molecule has 0 unspecified atom stereocenters. The highest BCUT2D eigenvalue weighted by atomic mass is 16.2. The fraction of sp³-hybridized carbons (Fsp3) is 0.542.